The molecule has 2 aromatic carbocycles. The number of aromatic nitrogens is 1. The first-order valence-electron chi connectivity index (χ1n) is 6.82. The Labute approximate surface area is 132 Å². The first kappa shape index (κ1) is 14.5. The fourth-order valence-electron chi connectivity index (χ4n) is 1.91. The maximum atomic E-state index is 11.1. The van der Waals surface area contributed by atoms with Gasteiger partial charge in [-0.25, -0.2) is 4.98 Å². The second kappa shape index (κ2) is 6.57. The molecule has 0 fully saturated rings. The highest BCUT2D eigenvalue weighted by Crippen LogP contribution is 2.34. The van der Waals surface area contributed by atoms with E-state index in [1.54, 1.807) is 36.4 Å². The molecule has 0 N–H and O–H groups in total. The predicted octanol–water partition coefficient (Wildman–Crippen LogP) is 4.57. The van der Waals surface area contributed by atoms with Crippen LogP contribution in [0.3, 0.4) is 0 Å². The van der Waals surface area contributed by atoms with Crippen LogP contribution in [0.1, 0.15) is 0 Å². The van der Waals surface area contributed by atoms with Crippen LogP contribution in [0.4, 0.5) is 5.69 Å². The summed E-state index contributed by atoms with van der Waals surface area (Å²) in [5.41, 5.74) is -0.228. The molecule has 1 heterocycles. The van der Waals surface area contributed by atoms with Gasteiger partial charge in [0.05, 0.1) is 11.0 Å². The summed E-state index contributed by atoms with van der Waals surface area (Å²) in [5.74, 6) is 1.36. The third kappa shape index (κ3) is 3.62. The summed E-state index contributed by atoms with van der Waals surface area (Å²) in [6.45, 7) is 0. The molecule has 6 heteroatoms. The fourth-order valence-corrected chi connectivity index (χ4v) is 1.91. The van der Waals surface area contributed by atoms with Crippen LogP contribution in [-0.4, -0.2) is 9.91 Å². The third-order valence-electron chi connectivity index (χ3n) is 2.95. The molecule has 0 saturated carbocycles. The Morgan fingerprint density at radius 2 is 1.43 bits per heavy atom. The molecule has 0 amide bonds. The molecule has 0 aliphatic carbocycles. The van der Waals surface area contributed by atoms with Crippen molar-refractivity contribution in [2.24, 2.45) is 0 Å². The number of nitrogens with zero attached hydrogens (tertiary/aromatic N) is 2. The Morgan fingerprint density at radius 1 is 0.870 bits per heavy atom. The van der Waals surface area contributed by atoms with Gasteiger partial charge in [0.15, 0.2) is 0 Å². The molecule has 0 unspecified atom stereocenters. The quantitative estimate of drug-likeness (QED) is 0.509. The molecule has 0 saturated heterocycles. The average Bonchev–Trinajstić information content (AvgIpc) is 2.57. The van der Waals surface area contributed by atoms with Gasteiger partial charge in [0.1, 0.15) is 17.7 Å². The summed E-state index contributed by atoms with van der Waals surface area (Å²) in [4.78, 5) is 14.5. The van der Waals surface area contributed by atoms with E-state index in [2.05, 4.69) is 4.98 Å². The largest absolute Gasteiger partial charge is 0.450 e. The number of rotatable bonds is 5. The maximum Gasteiger partial charge on any atom is 0.329 e. The highest BCUT2D eigenvalue weighted by Gasteiger charge is 2.18. The van der Waals surface area contributed by atoms with Crippen LogP contribution in [0.25, 0.3) is 0 Å². The lowest BCUT2D eigenvalue weighted by molar-refractivity contribution is -0.386. The van der Waals surface area contributed by atoms with Crippen molar-refractivity contribution in [1.29, 1.82) is 0 Å². The molecule has 0 aliphatic rings. The van der Waals surface area contributed by atoms with Gasteiger partial charge >= 0.3 is 5.69 Å². The molecule has 0 spiro atoms. The van der Waals surface area contributed by atoms with Gasteiger partial charge in [0.25, 0.3) is 0 Å². The van der Waals surface area contributed by atoms with Gasteiger partial charge in [0, 0.05) is 0 Å². The van der Waals surface area contributed by atoms with E-state index in [0.717, 1.165) is 6.20 Å². The van der Waals surface area contributed by atoms with Gasteiger partial charge in [0.2, 0.25) is 11.6 Å². The maximum absolute atomic E-state index is 11.1. The lowest BCUT2D eigenvalue weighted by Gasteiger charge is -2.08. The molecular formula is C17H12N2O4. The second-order valence-electron chi connectivity index (χ2n) is 4.58. The van der Waals surface area contributed by atoms with Crippen LogP contribution in [0.2, 0.25) is 0 Å². The van der Waals surface area contributed by atoms with E-state index in [4.69, 9.17) is 9.47 Å². The summed E-state index contributed by atoms with van der Waals surface area (Å²) in [6.07, 6.45) is 1.12. The molecule has 3 aromatic rings. The lowest BCUT2D eigenvalue weighted by atomic mass is 10.3. The summed E-state index contributed by atoms with van der Waals surface area (Å²) in [5, 5.41) is 11.1. The fraction of sp³-hybridized carbons (Fsp3) is 0. The van der Waals surface area contributed by atoms with Crippen molar-refractivity contribution >= 4 is 5.69 Å². The van der Waals surface area contributed by atoms with Gasteiger partial charge in [-0.05, 0) is 24.3 Å². The summed E-state index contributed by atoms with van der Waals surface area (Å²) in [6, 6.07) is 19.2. The molecule has 0 radical (unpaired) electrons. The minimum absolute atomic E-state index is 0.0714. The molecule has 3 rings (SSSR count). The van der Waals surface area contributed by atoms with E-state index in [9.17, 15) is 10.1 Å². The summed E-state index contributed by atoms with van der Waals surface area (Å²) >= 11 is 0. The van der Waals surface area contributed by atoms with E-state index >= 15 is 0 Å². The predicted molar refractivity (Wildman–Crippen MR) is 83.9 cm³/mol. The molecule has 1 aromatic heterocycles. The van der Waals surface area contributed by atoms with Crippen LogP contribution >= 0.6 is 0 Å². The molecule has 0 aliphatic heterocycles. The van der Waals surface area contributed by atoms with Crippen LogP contribution in [-0.2, 0) is 0 Å². The van der Waals surface area contributed by atoms with Crippen molar-refractivity contribution in [2.75, 3.05) is 0 Å². The summed E-state index contributed by atoms with van der Waals surface area (Å²) < 4.78 is 11.2. The minimum Gasteiger partial charge on any atom is -0.450 e. The van der Waals surface area contributed by atoms with Gasteiger partial charge in [-0.3, -0.25) is 10.1 Å². The van der Waals surface area contributed by atoms with E-state index in [0.29, 0.717) is 11.5 Å². The second-order valence-corrected chi connectivity index (χ2v) is 4.58. The first-order valence-corrected chi connectivity index (χ1v) is 6.82. The Kier molecular flexibility index (Phi) is 4.15. The number of benzene rings is 2. The van der Waals surface area contributed by atoms with Gasteiger partial charge < -0.3 is 9.47 Å². The standard InChI is InChI=1S/C17H12N2O4/c20-19(21)15-12-18-17(23-14-9-5-2-6-10-14)11-16(15)22-13-7-3-1-4-8-13/h1-12H. The Balaban J connectivity index is 1.91. The van der Waals surface area contributed by atoms with Gasteiger partial charge in [-0.15, -0.1) is 0 Å². The minimum atomic E-state index is -0.544. The number of para-hydroxylation sites is 2. The van der Waals surface area contributed by atoms with Crippen molar-refractivity contribution in [2.45, 2.75) is 0 Å². The van der Waals surface area contributed by atoms with E-state index in [1.165, 1.54) is 6.07 Å². The van der Waals surface area contributed by atoms with Crippen molar-refractivity contribution in [3.05, 3.63) is 83.0 Å². The van der Waals surface area contributed by atoms with E-state index in [-0.39, 0.29) is 17.3 Å². The van der Waals surface area contributed by atoms with Crippen molar-refractivity contribution in [3.63, 3.8) is 0 Å². The van der Waals surface area contributed by atoms with Crippen LogP contribution in [0.15, 0.2) is 72.9 Å². The third-order valence-corrected chi connectivity index (χ3v) is 2.95. The molecule has 0 atom stereocenters. The van der Waals surface area contributed by atoms with E-state index < -0.39 is 4.92 Å². The average molecular weight is 308 g/mol. The summed E-state index contributed by atoms with van der Waals surface area (Å²) in [7, 11) is 0. The first-order chi connectivity index (χ1) is 11.2. The zero-order valence-electron chi connectivity index (χ0n) is 12.0. The molecule has 0 bridgehead atoms. The van der Waals surface area contributed by atoms with Crippen LogP contribution < -0.4 is 9.47 Å². The monoisotopic (exact) mass is 308 g/mol. The lowest BCUT2D eigenvalue weighted by Crippen LogP contribution is -1.96. The van der Waals surface area contributed by atoms with Crippen molar-refractivity contribution in [3.8, 4) is 23.1 Å². The zero-order chi connectivity index (χ0) is 16.1. The zero-order valence-corrected chi connectivity index (χ0v) is 12.0. The SMILES string of the molecule is O=[N+]([O-])c1cnc(Oc2ccccc2)cc1Oc1ccccc1. The Morgan fingerprint density at radius 3 is 2.00 bits per heavy atom. The number of nitro groups is 1. The smallest absolute Gasteiger partial charge is 0.329 e. The van der Waals surface area contributed by atoms with Crippen molar-refractivity contribution < 1.29 is 14.4 Å². The highest BCUT2D eigenvalue weighted by molar-refractivity contribution is 5.49. The molecule has 6 nitrogen and oxygen atoms in total. The topological polar surface area (TPSA) is 74.5 Å². The van der Waals surface area contributed by atoms with Crippen LogP contribution in [0, 0.1) is 10.1 Å². The van der Waals surface area contributed by atoms with Crippen molar-refractivity contribution in [1.82, 2.24) is 4.98 Å². The number of hydrogen-bond acceptors (Lipinski definition) is 5. The number of hydrogen-bond donors (Lipinski definition) is 0. The Bertz CT molecular complexity index is 807. The number of ether oxygens (including phenoxy) is 2. The normalized spacial score (nSPS) is 10.1. The molecular weight excluding hydrogens is 296 g/mol. The Hall–Kier alpha value is -3.41. The van der Waals surface area contributed by atoms with Crippen LogP contribution in [0.5, 0.6) is 23.1 Å². The highest BCUT2D eigenvalue weighted by atomic mass is 16.6. The van der Waals surface area contributed by atoms with Gasteiger partial charge in [-0.1, -0.05) is 36.4 Å². The van der Waals surface area contributed by atoms with E-state index in [1.807, 2.05) is 24.3 Å². The molecule has 114 valence electrons. The molecule has 23 heavy (non-hydrogen) atoms. The number of pyridine rings is 1. The van der Waals surface area contributed by atoms with Gasteiger partial charge in [-0.2, -0.15) is 0 Å².